The molecular weight excluding hydrogens is 283 g/mol. The van der Waals surface area contributed by atoms with Crippen LogP contribution in [0.4, 0.5) is 4.39 Å². The molecule has 0 amide bonds. The van der Waals surface area contributed by atoms with E-state index < -0.39 is 11.4 Å². The van der Waals surface area contributed by atoms with Gasteiger partial charge in [-0.05, 0) is 31.9 Å². The normalized spacial score (nSPS) is 30.6. The molecule has 22 heavy (non-hydrogen) atoms. The standard InChI is InChI=1S/C17H19FN2O2/c1-16-10-12(15(21)22)7-8-17(16,2)20(3)19-14(16)11-5-4-6-13(18)9-11/h4-7,9H,8,10H2,1-3H3,(H,21,22). The van der Waals surface area contributed by atoms with Crippen molar-refractivity contribution < 1.29 is 14.3 Å². The monoisotopic (exact) mass is 302 g/mol. The SMILES string of the molecule is CN1N=C(c2cccc(F)c2)C2(C)CC(C(=O)O)=CCC12C. The van der Waals surface area contributed by atoms with Gasteiger partial charge in [-0.2, -0.15) is 5.10 Å². The van der Waals surface area contributed by atoms with E-state index in [1.165, 1.54) is 12.1 Å². The first-order valence-electron chi connectivity index (χ1n) is 7.29. The maximum Gasteiger partial charge on any atom is 0.331 e. The largest absolute Gasteiger partial charge is 0.478 e. The summed E-state index contributed by atoms with van der Waals surface area (Å²) in [7, 11) is 1.89. The molecule has 0 saturated carbocycles. The van der Waals surface area contributed by atoms with E-state index in [-0.39, 0.29) is 11.4 Å². The minimum Gasteiger partial charge on any atom is -0.478 e. The molecule has 0 fully saturated rings. The zero-order valence-electron chi connectivity index (χ0n) is 12.9. The Morgan fingerprint density at radius 2 is 2.14 bits per heavy atom. The molecule has 116 valence electrons. The molecule has 1 aromatic rings. The Balaban J connectivity index is 2.11. The molecule has 2 unspecified atom stereocenters. The third-order valence-corrected chi connectivity index (χ3v) is 5.34. The predicted octanol–water partition coefficient (Wildman–Crippen LogP) is 3.05. The number of rotatable bonds is 2. The first-order valence-corrected chi connectivity index (χ1v) is 7.29. The van der Waals surface area contributed by atoms with Crippen LogP contribution in [0.3, 0.4) is 0 Å². The maximum absolute atomic E-state index is 13.6. The highest BCUT2D eigenvalue weighted by atomic mass is 19.1. The van der Waals surface area contributed by atoms with Crippen LogP contribution in [0.15, 0.2) is 41.0 Å². The van der Waals surface area contributed by atoms with Gasteiger partial charge in [0.05, 0.1) is 11.3 Å². The van der Waals surface area contributed by atoms with Crippen LogP contribution >= 0.6 is 0 Å². The molecule has 0 saturated heterocycles. The van der Waals surface area contributed by atoms with E-state index in [9.17, 15) is 14.3 Å². The second-order valence-corrected chi connectivity index (χ2v) is 6.50. The smallest absolute Gasteiger partial charge is 0.331 e. The number of hydrogen-bond acceptors (Lipinski definition) is 3. The minimum atomic E-state index is -0.892. The van der Waals surface area contributed by atoms with Gasteiger partial charge in [-0.3, -0.25) is 5.01 Å². The molecule has 1 aliphatic carbocycles. The van der Waals surface area contributed by atoms with Crippen molar-refractivity contribution >= 4 is 11.7 Å². The summed E-state index contributed by atoms with van der Waals surface area (Å²) < 4.78 is 13.6. The van der Waals surface area contributed by atoms with Gasteiger partial charge in [0, 0.05) is 23.6 Å². The van der Waals surface area contributed by atoms with E-state index in [4.69, 9.17) is 0 Å². The molecule has 1 N–H and O–H groups in total. The second kappa shape index (κ2) is 4.66. The van der Waals surface area contributed by atoms with Gasteiger partial charge in [0.25, 0.3) is 0 Å². The number of aliphatic carboxylic acids is 1. The lowest BCUT2D eigenvalue weighted by Gasteiger charge is -2.47. The number of benzene rings is 1. The number of carboxylic acid groups (broad SMARTS) is 1. The van der Waals surface area contributed by atoms with Crippen LogP contribution in [0.1, 0.15) is 32.3 Å². The fourth-order valence-corrected chi connectivity index (χ4v) is 3.56. The Morgan fingerprint density at radius 3 is 2.77 bits per heavy atom. The van der Waals surface area contributed by atoms with E-state index in [2.05, 4.69) is 12.0 Å². The number of nitrogens with zero attached hydrogens (tertiary/aromatic N) is 2. The summed E-state index contributed by atoms with van der Waals surface area (Å²) in [5, 5.41) is 15.9. The molecule has 1 aromatic carbocycles. The van der Waals surface area contributed by atoms with Gasteiger partial charge in [0.15, 0.2) is 0 Å². The van der Waals surface area contributed by atoms with Gasteiger partial charge in [-0.1, -0.05) is 25.1 Å². The Labute approximate surface area is 128 Å². The molecule has 0 radical (unpaired) electrons. The number of hydrogen-bond donors (Lipinski definition) is 1. The number of halogens is 1. The van der Waals surface area contributed by atoms with Crippen LogP contribution < -0.4 is 0 Å². The quantitative estimate of drug-likeness (QED) is 0.913. The van der Waals surface area contributed by atoms with Gasteiger partial charge < -0.3 is 5.11 Å². The summed E-state index contributed by atoms with van der Waals surface area (Å²) >= 11 is 0. The summed E-state index contributed by atoms with van der Waals surface area (Å²) in [6.07, 6.45) is 2.77. The summed E-state index contributed by atoms with van der Waals surface area (Å²) in [6.45, 7) is 4.11. The molecule has 2 aliphatic rings. The van der Waals surface area contributed by atoms with E-state index in [1.807, 2.05) is 25.0 Å². The molecule has 0 bridgehead atoms. The van der Waals surface area contributed by atoms with E-state index in [0.717, 1.165) is 5.71 Å². The van der Waals surface area contributed by atoms with Crippen LogP contribution in [0.25, 0.3) is 0 Å². The average molecular weight is 302 g/mol. The molecular formula is C17H19FN2O2. The third-order valence-electron chi connectivity index (χ3n) is 5.34. The van der Waals surface area contributed by atoms with Crippen molar-refractivity contribution in [2.45, 2.75) is 32.2 Å². The Kier molecular flexibility index (Phi) is 3.13. The topological polar surface area (TPSA) is 52.9 Å². The lowest BCUT2D eigenvalue weighted by molar-refractivity contribution is -0.133. The predicted molar refractivity (Wildman–Crippen MR) is 82.2 cm³/mol. The molecule has 1 heterocycles. The lowest BCUT2D eigenvalue weighted by Crippen LogP contribution is -2.53. The van der Waals surface area contributed by atoms with Crippen LogP contribution in [0.2, 0.25) is 0 Å². The van der Waals surface area contributed by atoms with E-state index in [0.29, 0.717) is 24.0 Å². The number of hydrazone groups is 1. The van der Waals surface area contributed by atoms with Crippen molar-refractivity contribution in [3.05, 3.63) is 47.3 Å². The van der Waals surface area contributed by atoms with E-state index in [1.54, 1.807) is 12.1 Å². The number of carbonyl (C=O) groups is 1. The molecule has 5 heteroatoms. The summed E-state index contributed by atoms with van der Waals surface area (Å²) in [5.74, 6) is -1.21. The van der Waals surface area contributed by atoms with Gasteiger partial charge in [0.2, 0.25) is 0 Å². The summed E-state index contributed by atoms with van der Waals surface area (Å²) in [5.41, 5.74) is 1.08. The molecule has 2 atom stereocenters. The van der Waals surface area contributed by atoms with Gasteiger partial charge >= 0.3 is 5.97 Å². The average Bonchev–Trinajstić information content (AvgIpc) is 2.67. The Hall–Kier alpha value is -2.17. The number of fused-ring (bicyclic) bond motifs is 1. The first kappa shape index (κ1) is 14.8. The number of carboxylic acids is 1. The van der Waals surface area contributed by atoms with Gasteiger partial charge in [-0.15, -0.1) is 0 Å². The van der Waals surface area contributed by atoms with Crippen molar-refractivity contribution in [2.75, 3.05) is 7.05 Å². The Bertz CT molecular complexity index is 712. The van der Waals surface area contributed by atoms with Crippen LogP contribution in [-0.2, 0) is 4.79 Å². The highest BCUT2D eigenvalue weighted by Gasteiger charge is 2.57. The van der Waals surface area contributed by atoms with Crippen molar-refractivity contribution in [2.24, 2.45) is 10.5 Å². The lowest BCUT2D eigenvalue weighted by atomic mass is 9.60. The van der Waals surface area contributed by atoms with Gasteiger partial charge in [0.1, 0.15) is 5.82 Å². The minimum absolute atomic E-state index is 0.312. The molecule has 0 aromatic heterocycles. The van der Waals surface area contributed by atoms with Crippen LogP contribution in [0.5, 0.6) is 0 Å². The highest BCUT2D eigenvalue weighted by molar-refractivity contribution is 6.07. The van der Waals surface area contributed by atoms with Crippen LogP contribution in [-0.4, -0.2) is 34.4 Å². The first-order chi connectivity index (χ1) is 10.3. The van der Waals surface area contributed by atoms with Crippen LogP contribution in [0, 0.1) is 11.2 Å². The third kappa shape index (κ3) is 1.88. The maximum atomic E-state index is 13.6. The zero-order chi connectivity index (χ0) is 16.1. The molecule has 0 spiro atoms. The van der Waals surface area contributed by atoms with Crippen molar-refractivity contribution in [3.8, 4) is 0 Å². The molecule has 4 nitrogen and oxygen atoms in total. The fraction of sp³-hybridized carbons (Fsp3) is 0.412. The zero-order valence-corrected chi connectivity index (χ0v) is 12.9. The van der Waals surface area contributed by atoms with Crippen molar-refractivity contribution in [3.63, 3.8) is 0 Å². The summed E-state index contributed by atoms with van der Waals surface area (Å²) in [6, 6.07) is 6.34. The summed E-state index contributed by atoms with van der Waals surface area (Å²) in [4.78, 5) is 11.4. The Morgan fingerprint density at radius 1 is 1.41 bits per heavy atom. The fourth-order valence-electron chi connectivity index (χ4n) is 3.56. The van der Waals surface area contributed by atoms with E-state index >= 15 is 0 Å². The highest BCUT2D eigenvalue weighted by Crippen LogP contribution is 2.52. The second-order valence-electron chi connectivity index (χ2n) is 6.50. The molecule has 3 rings (SSSR count). The van der Waals surface area contributed by atoms with Gasteiger partial charge in [-0.25, -0.2) is 9.18 Å². The van der Waals surface area contributed by atoms with Crippen molar-refractivity contribution in [1.29, 1.82) is 0 Å². The molecule has 1 aliphatic heterocycles. The van der Waals surface area contributed by atoms with Crippen molar-refractivity contribution in [1.82, 2.24) is 5.01 Å².